The first kappa shape index (κ1) is 13.9. The van der Waals surface area contributed by atoms with Crippen LogP contribution in [0.3, 0.4) is 0 Å². The first-order valence-corrected chi connectivity index (χ1v) is 8.76. The van der Waals surface area contributed by atoms with E-state index in [0.29, 0.717) is 6.04 Å². The van der Waals surface area contributed by atoms with Crippen molar-refractivity contribution in [2.24, 2.45) is 0 Å². The van der Waals surface area contributed by atoms with Gasteiger partial charge in [-0.05, 0) is 50.4 Å². The fourth-order valence-corrected chi connectivity index (χ4v) is 4.66. The summed E-state index contributed by atoms with van der Waals surface area (Å²) >= 11 is 7.86. The predicted octanol–water partition coefficient (Wildman–Crippen LogP) is 3.85. The highest BCUT2D eigenvalue weighted by Gasteiger charge is 2.24. The van der Waals surface area contributed by atoms with Crippen LogP contribution in [0.5, 0.6) is 0 Å². The molecule has 0 spiro atoms. The average Bonchev–Trinajstić information content (AvgIpc) is 2.82. The molecule has 2 nitrogen and oxygen atoms in total. The monoisotopic (exact) mass is 298 g/mol. The zero-order chi connectivity index (χ0) is 13.1. The Labute approximate surface area is 125 Å². The first-order chi connectivity index (χ1) is 9.33. The standard InChI is InChI=1S/C15H23ClN2S/c16-15-11-12-13(5-6-14(12)19-15)17-7-10-18-8-3-1-2-4-9-18/h11,13,17H,1-10H2. The molecule has 0 saturated carbocycles. The van der Waals surface area contributed by atoms with Gasteiger partial charge >= 0.3 is 0 Å². The van der Waals surface area contributed by atoms with Gasteiger partial charge in [-0.15, -0.1) is 11.3 Å². The van der Waals surface area contributed by atoms with Crippen molar-refractivity contribution in [3.8, 4) is 0 Å². The molecular weight excluding hydrogens is 276 g/mol. The lowest BCUT2D eigenvalue weighted by Crippen LogP contribution is -2.34. The largest absolute Gasteiger partial charge is 0.309 e. The van der Waals surface area contributed by atoms with Crippen molar-refractivity contribution in [3.63, 3.8) is 0 Å². The Bertz CT molecular complexity index is 410. The SMILES string of the molecule is Clc1cc2c(s1)CCC2NCCN1CCCCCC1. The maximum Gasteiger partial charge on any atom is 0.0934 e. The summed E-state index contributed by atoms with van der Waals surface area (Å²) in [4.78, 5) is 4.12. The summed E-state index contributed by atoms with van der Waals surface area (Å²) in [7, 11) is 0. The van der Waals surface area contributed by atoms with E-state index in [0.717, 1.165) is 10.9 Å². The molecule has 1 fully saturated rings. The Morgan fingerprint density at radius 1 is 1.26 bits per heavy atom. The van der Waals surface area contributed by atoms with Gasteiger partial charge in [0.15, 0.2) is 0 Å². The second-order valence-corrected chi connectivity index (χ2v) is 7.50. The van der Waals surface area contributed by atoms with Crippen molar-refractivity contribution < 1.29 is 0 Å². The Balaban J connectivity index is 1.45. The number of thiophene rings is 1. The summed E-state index contributed by atoms with van der Waals surface area (Å²) in [6.07, 6.45) is 8.06. The number of fused-ring (bicyclic) bond motifs is 1. The Morgan fingerprint density at radius 2 is 2.05 bits per heavy atom. The van der Waals surface area contributed by atoms with E-state index in [1.807, 2.05) is 0 Å². The number of nitrogens with zero attached hydrogens (tertiary/aromatic N) is 1. The number of likely N-dealkylation sites (tertiary alicyclic amines) is 1. The van der Waals surface area contributed by atoms with Crippen LogP contribution in [0.1, 0.15) is 48.6 Å². The van der Waals surface area contributed by atoms with Gasteiger partial charge in [-0.1, -0.05) is 24.4 Å². The van der Waals surface area contributed by atoms with Crippen LogP contribution in [0.2, 0.25) is 4.34 Å². The van der Waals surface area contributed by atoms with Crippen molar-refractivity contribution in [1.82, 2.24) is 10.2 Å². The van der Waals surface area contributed by atoms with Crippen molar-refractivity contribution in [3.05, 3.63) is 20.8 Å². The number of hydrogen-bond acceptors (Lipinski definition) is 3. The Morgan fingerprint density at radius 3 is 2.84 bits per heavy atom. The van der Waals surface area contributed by atoms with Crippen LogP contribution in [0.25, 0.3) is 0 Å². The lowest BCUT2D eigenvalue weighted by molar-refractivity contribution is 0.279. The smallest absolute Gasteiger partial charge is 0.0934 e. The summed E-state index contributed by atoms with van der Waals surface area (Å²) in [6, 6.07) is 2.71. The van der Waals surface area contributed by atoms with Crippen LogP contribution >= 0.6 is 22.9 Å². The van der Waals surface area contributed by atoms with Crippen LogP contribution in [0.4, 0.5) is 0 Å². The van der Waals surface area contributed by atoms with E-state index in [9.17, 15) is 0 Å². The number of hydrogen-bond donors (Lipinski definition) is 1. The molecule has 1 aliphatic carbocycles. The molecule has 1 atom stereocenters. The summed E-state index contributed by atoms with van der Waals surface area (Å²) in [5.74, 6) is 0. The zero-order valence-electron chi connectivity index (χ0n) is 11.5. The van der Waals surface area contributed by atoms with E-state index in [2.05, 4.69) is 16.3 Å². The molecule has 1 aromatic rings. The lowest BCUT2D eigenvalue weighted by Gasteiger charge is -2.21. The number of aryl methyl sites for hydroxylation is 1. The number of nitrogens with one attached hydrogen (secondary N) is 1. The van der Waals surface area contributed by atoms with Crippen LogP contribution in [-0.4, -0.2) is 31.1 Å². The van der Waals surface area contributed by atoms with Gasteiger partial charge in [0.25, 0.3) is 0 Å². The average molecular weight is 299 g/mol. The lowest BCUT2D eigenvalue weighted by atomic mass is 10.2. The molecule has 1 aliphatic heterocycles. The first-order valence-electron chi connectivity index (χ1n) is 7.57. The van der Waals surface area contributed by atoms with E-state index in [1.54, 1.807) is 11.3 Å². The van der Waals surface area contributed by atoms with Gasteiger partial charge in [-0.2, -0.15) is 0 Å². The van der Waals surface area contributed by atoms with Gasteiger partial charge in [0.05, 0.1) is 4.34 Å². The molecule has 1 N–H and O–H groups in total. The maximum absolute atomic E-state index is 6.10. The highest BCUT2D eigenvalue weighted by molar-refractivity contribution is 7.16. The molecule has 1 saturated heterocycles. The Kier molecular flexibility index (Phi) is 4.80. The normalized spacial score (nSPS) is 24.4. The third kappa shape index (κ3) is 3.52. The van der Waals surface area contributed by atoms with Gasteiger partial charge in [-0.25, -0.2) is 0 Å². The van der Waals surface area contributed by atoms with Gasteiger partial charge in [0.1, 0.15) is 0 Å². The third-order valence-corrected chi connectivity index (χ3v) is 5.70. The van der Waals surface area contributed by atoms with Crippen molar-refractivity contribution in [2.45, 2.75) is 44.6 Å². The third-order valence-electron chi connectivity index (χ3n) is 4.36. The van der Waals surface area contributed by atoms with Crippen LogP contribution in [0, 0.1) is 0 Å². The second-order valence-electron chi connectivity index (χ2n) is 5.73. The van der Waals surface area contributed by atoms with Crippen molar-refractivity contribution in [2.75, 3.05) is 26.2 Å². The molecule has 0 radical (unpaired) electrons. The summed E-state index contributed by atoms with van der Waals surface area (Å²) in [5.41, 5.74) is 1.46. The van der Waals surface area contributed by atoms with E-state index in [4.69, 9.17) is 11.6 Å². The molecule has 2 aliphatic rings. The molecule has 19 heavy (non-hydrogen) atoms. The molecule has 0 aromatic carbocycles. The molecule has 3 rings (SSSR count). The van der Waals surface area contributed by atoms with Gasteiger partial charge in [0, 0.05) is 24.0 Å². The molecule has 0 bridgehead atoms. The highest BCUT2D eigenvalue weighted by Crippen LogP contribution is 2.39. The molecule has 2 heterocycles. The predicted molar refractivity (Wildman–Crippen MR) is 83.3 cm³/mol. The summed E-state index contributed by atoms with van der Waals surface area (Å²) in [6.45, 7) is 4.89. The molecule has 1 aromatic heterocycles. The second kappa shape index (κ2) is 6.57. The summed E-state index contributed by atoms with van der Waals surface area (Å²) < 4.78 is 0.948. The number of halogens is 1. The highest BCUT2D eigenvalue weighted by atomic mass is 35.5. The van der Waals surface area contributed by atoms with E-state index < -0.39 is 0 Å². The van der Waals surface area contributed by atoms with E-state index in [1.165, 1.54) is 68.6 Å². The minimum absolute atomic E-state index is 0.547. The fraction of sp³-hybridized carbons (Fsp3) is 0.733. The molecule has 106 valence electrons. The fourth-order valence-electron chi connectivity index (χ4n) is 3.30. The van der Waals surface area contributed by atoms with Gasteiger partial charge in [-0.3, -0.25) is 0 Å². The molecular formula is C15H23ClN2S. The topological polar surface area (TPSA) is 15.3 Å². The summed E-state index contributed by atoms with van der Waals surface area (Å²) in [5, 5.41) is 3.73. The van der Waals surface area contributed by atoms with Gasteiger partial charge < -0.3 is 10.2 Å². The van der Waals surface area contributed by atoms with E-state index in [-0.39, 0.29) is 0 Å². The van der Waals surface area contributed by atoms with Crippen molar-refractivity contribution >= 4 is 22.9 Å². The van der Waals surface area contributed by atoms with Crippen LogP contribution in [-0.2, 0) is 6.42 Å². The van der Waals surface area contributed by atoms with Crippen LogP contribution < -0.4 is 5.32 Å². The number of rotatable bonds is 4. The van der Waals surface area contributed by atoms with Crippen molar-refractivity contribution in [1.29, 1.82) is 0 Å². The zero-order valence-corrected chi connectivity index (χ0v) is 13.0. The molecule has 1 unspecified atom stereocenters. The van der Waals surface area contributed by atoms with Crippen LogP contribution in [0.15, 0.2) is 6.07 Å². The molecule has 4 heteroatoms. The quantitative estimate of drug-likeness (QED) is 0.908. The van der Waals surface area contributed by atoms with E-state index >= 15 is 0 Å². The minimum atomic E-state index is 0.547. The maximum atomic E-state index is 6.10. The molecule has 0 amide bonds. The minimum Gasteiger partial charge on any atom is -0.309 e. The Hall–Kier alpha value is -0.0900. The van der Waals surface area contributed by atoms with Gasteiger partial charge in [0.2, 0.25) is 0 Å².